The van der Waals surface area contributed by atoms with E-state index in [-0.39, 0.29) is 24.4 Å². The Kier molecular flexibility index (Phi) is 8.55. The van der Waals surface area contributed by atoms with Gasteiger partial charge in [0, 0.05) is 11.5 Å². The van der Waals surface area contributed by atoms with Gasteiger partial charge in [-0.2, -0.15) is 10.5 Å². The van der Waals surface area contributed by atoms with Gasteiger partial charge in [0.1, 0.15) is 0 Å². The van der Waals surface area contributed by atoms with Crippen molar-refractivity contribution in [3.63, 3.8) is 0 Å². The highest BCUT2D eigenvalue weighted by atomic mass is 15.4. The van der Waals surface area contributed by atoms with Gasteiger partial charge in [0.2, 0.25) is 0 Å². The van der Waals surface area contributed by atoms with Crippen molar-refractivity contribution < 1.29 is 0 Å². The first-order valence-corrected chi connectivity index (χ1v) is 15.9. The van der Waals surface area contributed by atoms with Gasteiger partial charge in [-0.3, -0.25) is 16.0 Å². The van der Waals surface area contributed by atoms with Gasteiger partial charge in [0.25, 0.3) is 0 Å². The van der Waals surface area contributed by atoms with Crippen LogP contribution in [-0.2, 0) is 0 Å². The molecule has 5 heteroatoms. The first-order chi connectivity index (χ1) is 22.7. The second-order valence-electron chi connectivity index (χ2n) is 12.0. The molecule has 0 aromatic heterocycles. The summed E-state index contributed by atoms with van der Waals surface area (Å²) in [5.41, 5.74) is 10.7. The Hall–Kier alpha value is -5.30. The SMILES string of the molecule is N#CC1=CCC(c2ccc(-c3cc(-c4ccc(C#N)cc4)cc(C4NC(C5=CC=CCC5)NC(c5ccccc5)N4)c3)cc2)C=C1. The molecule has 1 fully saturated rings. The molecule has 7 rings (SSSR count). The summed E-state index contributed by atoms with van der Waals surface area (Å²) in [5, 5.41) is 30.1. The highest BCUT2D eigenvalue weighted by molar-refractivity contribution is 5.75. The second kappa shape index (κ2) is 13.4. The topological polar surface area (TPSA) is 83.7 Å². The van der Waals surface area contributed by atoms with Crippen molar-refractivity contribution in [2.75, 3.05) is 0 Å². The lowest BCUT2D eigenvalue weighted by Crippen LogP contribution is -2.59. The molecule has 4 aromatic carbocycles. The molecule has 46 heavy (non-hydrogen) atoms. The second-order valence-corrected chi connectivity index (χ2v) is 12.0. The Morgan fingerprint density at radius 2 is 1.30 bits per heavy atom. The molecule has 1 saturated heterocycles. The first-order valence-electron chi connectivity index (χ1n) is 15.9. The van der Waals surface area contributed by atoms with Crippen LogP contribution in [0, 0.1) is 22.7 Å². The van der Waals surface area contributed by atoms with E-state index in [1.165, 1.54) is 16.7 Å². The molecule has 0 saturated carbocycles. The average Bonchev–Trinajstić information content (AvgIpc) is 3.15. The monoisotopic (exact) mass is 597 g/mol. The van der Waals surface area contributed by atoms with Crippen LogP contribution >= 0.6 is 0 Å². The molecule has 0 radical (unpaired) electrons. The Labute approximate surface area is 270 Å². The van der Waals surface area contributed by atoms with Gasteiger partial charge in [0.15, 0.2) is 0 Å². The van der Waals surface area contributed by atoms with Crippen LogP contribution in [0.2, 0.25) is 0 Å². The summed E-state index contributed by atoms with van der Waals surface area (Å²) in [7, 11) is 0. The van der Waals surface area contributed by atoms with Crippen LogP contribution in [-0.4, -0.2) is 6.17 Å². The van der Waals surface area contributed by atoms with Crippen molar-refractivity contribution in [2.24, 2.45) is 0 Å². The fourth-order valence-electron chi connectivity index (χ4n) is 6.51. The fraction of sp³-hybridized carbons (Fsp3) is 0.171. The lowest BCUT2D eigenvalue weighted by Gasteiger charge is -2.41. The lowest BCUT2D eigenvalue weighted by molar-refractivity contribution is 0.219. The zero-order valence-corrected chi connectivity index (χ0v) is 25.5. The van der Waals surface area contributed by atoms with Crippen LogP contribution in [0.4, 0.5) is 0 Å². The van der Waals surface area contributed by atoms with E-state index in [9.17, 15) is 10.5 Å². The zero-order chi connectivity index (χ0) is 31.3. The molecule has 0 bridgehead atoms. The highest BCUT2D eigenvalue weighted by Crippen LogP contribution is 2.34. The summed E-state index contributed by atoms with van der Waals surface area (Å²) in [4.78, 5) is 0. The number of benzene rings is 4. The van der Waals surface area contributed by atoms with Gasteiger partial charge >= 0.3 is 0 Å². The summed E-state index contributed by atoms with van der Waals surface area (Å²) in [6.45, 7) is 0. The van der Waals surface area contributed by atoms with E-state index in [4.69, 9.17) is 0 Å². The summed E-state index contributed by atoms with van der Waals surface area (Å²) >= 11 is 0. The number of hydrogen-bond donors (Lipinski definition) is 3. The number of hydrogen-bond acceptors (Lipinski definition) is 5. The Bertz CT molecular complexity index is 1920. The number of rotatable bonds is 6. The maximum atomic E-state index is 9.40. The summed E-state index contributed by atoms with van der Waals surface area (Å²) in [6.07, 6.45) is 15.4. The van der Waals surface area contributed by atoms with Crippen molar-refractivity contribution in [1.82, 2.24) is 16.0 Å². The largest absolute Gasteiger partial charge is 0.279 e. The number of allylic oxidation sites excluding steroid dienone is 7. The van der Waals surface area contributed by atoms with E-state index in [0.717, 1.165) is 52.7 Å². The van der Waals surface area contributed by atoms with Gasteiger partial charge < -0.3 is 0 Å². The van der Waals surface area contributed by atoms with Gasteiger partial charge in [-0.15, -0.1) is 0 Å². The molecule has 0 amide bonds. The van der Waals surface area contributed by atoms with E-state index < -0.39 is 0 Å². The normalized spacial score (nSPS) is 22.3. The summed E-state index contributed by atoms with van der Waals surface area (Å²) in [6, 6.07) is 38.4. The molecule has 2 aliphatic carbocycles. The lowest BCUT2D eigenvalue weighted by atomic mass is 9.88. The standard InChI is InChI=1S/C41H35N5/c42-26-28-11-15-30(16-12-28)31-19-21-33(22-20-31)37-23-36(32-17-13-29(27-43)14-18-32)24-38(25-37)41-45-39(34-7-3-1-4-8-34)44-40(46-41)35-9-5-2-6-10-35/h1-5,7-9,11-15,17-25,30,39-41,44-46H,6,10,16H2. The molecule has 4 atom stereocenters. The van der Waals surface area contributed by atoms with Crippen LogP contribution in [0.25, 0.3) is 22.3 Å². The molecule has 1 heterocycles. The molecule has 3 aliphatic rings. The summed E-state index contributed by atoms with van der Waals surface area (Å²) < 4.78 is 0. The van der Waals surface area contributed by atoms with Crippen LogP contribution in [0.5, 0.6) is 0 Å². The molecule has 3 N–H and O–H groups in total. The van der Waals surface area contributed by atoms with Gasteiger partial charge in [-0.1, -0.05) is 97.1 Å². The Balaban J connectivity index is 1.26. The molecule has 4 unspecified atom stereocenters. The molecule has 0 spiro atoms. The molecule has 224 valence electrons. The Morgan fingerprint density at radius 1 is 0.630 bits per heavy atom. The third-order valence-electron chi connectivity index (χ3n) is 9.09. The molecular formula is C41H35N5. The minimum atomic E-state index is -0.117. The third kappa shape index (κ3) is 6.40. The maximum Gasteiger partial charge on any atom is 0.0991 e. The quantitative estimate of drug-likeness (QED) is 0.208. The molecular weight excluding hydrogens is 562 g/mol. The van der Waals surface area contributed by atoms with Crippen LogP contribution in [0.1, 0.15) is 59.8 Å². The van der Waals surface area contributed by atoms with Crippen molar-refractivity contribution in [3.05, 3.63) is 167 Å². The number of nitrogens with zero attached hydrogens (tertiary/aromatic N) is 2. The van der Waals surface area contributed by atoms with Crippen LogP contribution in [0.3, 0.4) is 0 Å². The van der Waals surface area contributed by atoms with E-state index in [2.05, 4.69) is 125 Å². The molecule has 4 aromatic rings. The van der Waals surface area contributed by atoms with Gasteiger partial charge in [0.05, 0.1) is 36.2 Å². The minimum Gasteiger partial charge on any atom is -0.279 e. The Morgan fingerprint density at radius 3 is 1.91 bits per heavy atom. The van der Waals surface area contributed by atoms with E-state index >= 15 is 0 Å². The van der Waals surface area contributed by atoms with Crippen LogP contribution < -0.4 is 16.0 Å². The number of nitrogens with one attached hydrogen (secondary N) is 3. The fourth-order valence-corrected chi connectivity index (χ4v) is 6.51. The maximum absolute atomic E-state index is 9.40. The third-order valence-corrected chi connectivity index (χ3v) is 9.09. The van der Waals surface area contributed by atoms with Gasteiger partial charge in [-0.05, 0) is 100 Å². The van der Waals surface area contributed by atoms with Crippen molar-refractivity contribution >= 4 is 0 Å². The van der Waals surface area contributed by atoms with E-state index in [0.29, 0.717) is 5.56 Å². The predicted molar refractivity (Wildman–Crippen MR) is 184 cm³/mol. The van der Waals surface area contributed by atoms with E-state index in [1.54, 1.807) is 0 Å². The van der Waals surface area contributed by atoms with Gasteiger partial charge in [-0.25, -0.2) is 0 Å². The predicted octanol–water partition coefficient (Wildman–Crippen LogP) is 8.47. The molecule has 1 aliphatic heterocycles. The van der Waals surface area contributed by atoms with Crippen molar-refractivity contribution in [1.29, 1.82) is 10.5 Å². The van der Waals surface area contributed by atoms with Crippen LogP contribution in [0.15, 0.2) is 145 Å². The average molecular weight is 598 g/mol. The summed E-state index contributed by atoms with van der Waals surface area (Å²) in [5.74, 6) is 0.269. The smallest absolute Gasteiger partial charge is 0.0991 e. The van der Waals surface area contributed by atoms with Crippen molar-refractivity contribution in [3.8, 4) is 34.4 Å². The highest BCUT2D eigenvalue weighted by Gasteiger charge is 2.31. The minimum absolute atomic E-state index is 0.0156. The zero-order valence-electron chi connectivity index (χ0n) is 25.5. The molecule has 5 nitrogen and oxygen atoms in total. The number of nitriles is 2. The van der Waals surface area contributed by atoms with E-state index in [1.807, 2.05) is 36.4 Å². The first kappa shape index (κ1) is 29.4. The van der Waals surface area contributed by atoms with Crippen molar-refractivity contribution in [2.45, 2.75) is 43.7 Å².